The predicted molar refractivity (Wildman–Crippen MR) is 126 cm³/mol. The second kappa shape index (κ2) is 9.37. The van der Waals surface area contributed by atoms with Gasteiger partial charge in [-0.25, -0.2) is 0 Å². The molecule has 0 radical (unpaired) electrons. The summed E-state index contributed by atoms with van der Waals surface area (Å²) in [6, 6.07) is 12.2. The number of rotatable bonds is 4. The van der Waals surface area contributed by atoms with Crippen LogP contribution in [0.4, 0.5) is 5.69 Å². The van der Waals surface area contributed by atoms with Gasteiger partial charge in [-0.1, -0.05) is 66.7 Å². The van der Waals surface area contributed by atoms with Crippen LogP contribution in [0.1, 0.15) is 44.2 Å². The molecule has 1 amide bonds. The third-order valence-electron chi connectivity index (χ3n) is 6.03. The molecule has 0 bridgehead atoms. The number of hydrogen-bond donors (Lipinski definition) is 2. The third kappa shape index (κ3) is 4.70. The van der Waals surface area contributed by atoms with Crippen molar-refractivity contribution >= 4 is 52.1 Å². The first-order valence-corrected chi connectivity index (χ1v) is 11.6. The van der Waals surface area contributed by atoms with Crippen molar-refractivity contribution in [1.82, 2.24) is 5.32 Å². The van der Waals surface area contributed by atoms with Gasteiger partial charge in [-0.3, -0.25) is 9.80 Å². The van der Waals surface area contributed by atoms with E-state index in [0.717, 1.165) is 24.8 Å². The van der Waals surface area contributed by atoms with Gasteiger partial charge >= 0.3 is 0 Å². The highest BCUT2D eigenvalue weighted by Crippen LogP contribution is 2.42. The first kappa shape index (κ1) is 22.4. The maximum Gasteiger partial charge on any atom is 0.268 e. The van der Waals surface area contributed by atoms with Crippen LogP contribution >= 0.6 is 34.8 Å². The average Bonchev–Trinajstić information content (AvgIpc) is 3.07. The summed E-state index contributed by atoms with van der Waals surface area (Å²) in [6.07, 6.45) is 2.91. The van der Waals surface area contributed by atoms with Crippen molar-refractivity contribution in [3.05, 3.63) is 63.1 Å². The van der Waals surface area contributed by atoms with Gasteiger partial charge in [0, 0.05) is 16.0 Å². The summed E-state index contributed by atoms with van der Waals surface area (Å²) in [5.41, 5.74) is 2.04. The second-order valence-electron chi connectivity index (χ2n) is 8.14. The van der Waals surface area contributed by atoms with Crippen molar-refractivity contribution in [2.75, 3.05) is 5.01 Å². The molecule has 2 N–H and O–H groups in total. The Morgan fingerprint density at radius 1 is 1.06 bits per heavy atom. The maximum atomic E-state index is 13.2. The number of nitrogens with one attached hydrogen (secondary N) is 1. The Morgan fingerprint density at radius 2 is 1.74 bits per heavy atom. The number of anilines is 1. The van der Waals surface area contributed by atoms with Gasteiger partial charge in [0.15, 0.2) is 0 Å². The normalized spacial score (nSPS) is 26.0. The van der Waals surface area contributed by atoms with E-state index in [1.54, 1.807) is 23.2 Å². The fraction of sp³-hybridized carbons (Fsp3) is 0.391. The molecule has 1 fully saturated rings. The highest BCUT2D eigenvalue weighted by atomic mass is 35.5. The third-order valence-corrected chi connectivity index (χ3v) is 6.82. The number of benzene rings is 2. The largest absolute Gasteiger partial charge is 0.391 e. The van der Waals surface area contributed by atoms with Crippen molar-refractivity contribution in [2.45, 2.75) is 50.8 Å². The molecule has 1 heterocycles. The lowest BCUT2D eigenvalue weighted by Crippen LogP contribution is -2.48. The number of carbonyl (C=O) groups excluding carboxylic acids is 1. The van der Waals surface area contributed by atoms with E-state index < -0.39 is 6.10 Å². The fourth-order valence-electron chi connectivity index (χ4n) is 4.37. The molecule has 4 rings (SSSR count). The number of aliphatic hydroxyl groups excluding tert-OH is 1. The van der Waals surface area contributed by atoms with Gasteiger partial charge in [-0.15, -0.1) is 0 Å². The Hall–Kier alpha value is -1.79. The number of amides is 1. The number of aliphatic hydroxyl groups is 1. The molecule has 2 aromatic rings. The first-order chi connectivity index (χ1) is 14.8. The van der Waals surface area contributed by atoms with Crippen LogP contribution in [-0.2, 0) is 4.79 Å². The minimum Gasteiger partial charge on any atom is -0.391 e. The standard InChI is InChI=1S/C23H24Cl3N3O2/c1-13-21(23(31)27-18-4-2-3-5-20(18)30)28-29(19-11-10-16(25)12-17(19)26)22(13)14-6-8-15(24)9-7-14/h6-13,18,20,22,30H,2-5H2,1H3,(H,27,31)/t13-,18+,20+,22+/m1/s1. The van der Waals surface area contributed by atoms with E-state index in [1.165, 1.54) is 0 Å². The zero-order chi connectivity index (χ0) is 22.1. The summed E-state index contributed by atoms with van der Waals surface area (Å²) in [7, 11) is 0. The van der Waals surface area contributed by atoms with Crippen molar-refractivity contribution in [2.24, 2.45) is 11.0 Å². The van der Waals surface area contributed by atoms with Crippen LogP contribution in [0.3, 0.4) is 0 Å². The summed E-state index contributed by atoms with van der Waals surface area (Å²) >= 11 is 18.7. The van der Waals surface area contributed by atoms with Crippen molar-refractivity contribution < 1.29 is 9.90 Å². The zero-order valence-electron chi connectivity index (χ0n) is 17.1. The minimum absolute atomic E-state index is 0.214. The molecule has 31 heavy (non-hydrogen) atoms. The molecule has 0 saturated heterocycles. The number of halogens is 3. The van der Waals surface area contributed by atoms with Crippen LogP contribution < -0.4 is 10.3 Å². The Morgan fingerprint density at radius 3 is 2.42 bits per heavy atom. The quantitative estimate of drug-likeness (QED) is 0.597. The maximum absolute atomic E-state index is 13.2. The summed E-state index contributed by atoms with van der Waals surface area (Å²) < 4.78 is 0. The highest BCUT2D eigenvalue weighted by molar-refractivity contribution is 6.41. The van der Waals surface area contributed by atoms with Gasteiger partial charge in [0.05, 0.1) is 28.9 Å². The molecule has 0 unspecified atom stereocenters. The average molecular weight is 481 g/mol. The Bertz CT molecular complexity index is 996. The molecule has 0 spiro atoms. The number of nitrogens with zero attached hydrogens (tertiary/aromatic N) is 2. The lowest BCUT2D eigenvalue weighted by atomic mass is 9.89. The molecule has 5 nitrogen and oxygen atoms in total. The highest BCUT2D eigenvalue weighted by Gasteiger charge is 2.41. The van der Waals surface area contributed by atoms with E-state index in [1.807, 2.05) is 31.2 Å². The summed E-state index contributed by atoms with van der Waals surface area (Å²) in [5, 5.41) is 21.3. The molecule has 1 saturated carbocycles. The molecule has 2 aliphatic rings. The topological polar surface area (TPSA) is 64.9 Å². The van der Waals surface area contributed by atoms with E-state index >= 15 is 0 Å². The van der Waals surface area contributed by atoms with E-state index in [9.17, 15) is 9.90 Å². The number of carbonyl (C=O) groups is 1. The number of hydrogen-bond acceptors (Lipinski definition) is 4. The Kier molecular flexibility index (Phi) is 6.77. The van der Waals surface area contributed by atoms with E-state index in [-0.39, 0.29) is 23.9 Å². The van der Waals surface area contributed by atoms with Gasteiger partial charge in [0.25, 0.3) is 5.91 Å². The monoisotopic (exact) mass is 479 g/mol. The zero-order valence-corrected chi connectivity index (χ0v) is 19.3. The summed E-state index contributed by atoms with van der Waals surface area (Å²) in [4.78, 5) is 13.2. The van der Waals surface area contributed by atoms with Gasteiger partial charge in [-0.2, -0.15) is 5.10 Å². The smallest absolute Gasteiger partial charge is 0.268 e. The Balaban J connectivity index is 1.68. The van der Waals surface area contributed by atoms with Crippen molar-refractivity contribution in [3.8, 4) is 0 Å². The van der Waals surface area contributed by atoms with Crippen LogP contribution in [0.5, 0.6) is 0 Å². The molecule has 8 heteroatoms. The van der Waals surface area contributed by atoms with Gasteiger partial charge in [0.2, 0.25) is 0 Å². The van der Waals surface area contributed by atoms with E-state index in [4.69, 9.17) is 39.9 Å². The summed E-state index contributed by atoms with van der Waals surface area (Å²) in [6.45, 7) is 1.97. The molecule has 0 aromatic heterocycles. The van der Waals surface area contributed by atoms with E-state index in [0.29, 0.717) is 32.9 Å². The predicted octanol–water partition coefficient (Wildman–Crippen LogP) is 5.62. The van der Waals surface area contributed by atoms with Crippen molar-refractivity contribution in [3.63, 3.8) is 0 Å². The van der Waals surface area contributed by atoms with Crippen LogP contribution in [0, 0.1) is 5.92 Å². The molecule has 164 valence electrons. The van der Waals surface area contributed by atoms with Crippen molar-refractivity contribution in [1.29, 1.82) is 0 Å². The molecule has 2 aromatic carbocycles. The Labute approximate surface area is 197 Å². The van der Waals surface area contributed by atoms with Gasteiger partial charge < -0.3 is 10.4 Å². The minimum atomic E-state index is -0.524. The van der Waals surface area contributed by atoms with Crippen LogP contribution in [0.2, 0.25) is 15.1 Å². The molecule has 4 atom stereocenters. The molecule has 1 aliphatic carbocycles. The first-order valence-electron chi connectivity index (χ1n) is 10.4. The second-order valence-corrected chi connectivity index (χ2v) is 9.42. The van der Waals surface area contributed by atoms with Crippen LogP contribution in [0.15, 0.2) is 47.6 Å². The van der Waals surface area contributed by atoms with Crippen LogP contribution in [0.25, 0.3) is 0 Å². The molecule has 1 aliphatic heterocycles. The molecular weight excluding hydrogens is 457 g/mol. The SMILES string of the molecule is C[C@@H]1C(C(=O)N[C@H]2CCCC[C@@H]2O)=NN(c2ccc(Cl)cc2Cl)[C@@H]1c1ccc(Cl)cc1. The lowest BCUT2D eigenvalue weighted by molar-refractivity contribution is -0.116. The molecular formula is C23H24Cl3N3O2. The number of hydrazone groups is 1. The summed E-state index contributed by atoms with van der Waals surface area (Å²) in [5.74, 6) is -0.473. The van der Waals surface area contributed by atoms with Gasteiger partial charge in [-0.05, 0) is 48.7 Å². The van der Waals surface area contributed by atoms with E-state index in [2.05, 4.69) is 5.32 Å². The lowest BCUT2D eigenvalue weighted by Gasteiger charge is -2.29. The van der Waals surface area contributed by atoms with Gasteiger partial charge in [0.1, 0.15) is 5.71 Å². The fourth-order valence-corrected chi connectivity index (χ4v) is 4.99. The van der Waals surface area contributed by atoms with Crippen LogP contribution in [-0.4, -0.2) is 28.9 Å².